The van der Waals surface area contributed by atoms with Crippen LogP contribution in [0.5, 0.6) is 0 Å². The van der Waals surface area contributed by atoms with Gasteiger partial charge >= 0.3 is 0 Å². The van der Waals surface area contributed by atoms with Gasteiger partial charge in [0.1, 0.15) is 0 Å². The SMILES string of the molecule is c1cnn(-c2ccc(CNCCN3CCCCC3)cc2)c1. The average Bonchev–Trinajstić information content (AvgIpc) is 3.08. The molecule has 2 aromatic rings. The minimum atomic E-state index is 0.938. The lowest BCUT2D eigenvalue weighted by atomic mass is 10.1. The average molecular weight is 284 g/mol. The molecule has 0 saturated carbocycles. The summed E-state index contributed by atoms with van der Waals surface area (Å²) in [4.78, 5) is 2.57. The van der Waals surface area contributed by atoms with Gasteiger partial charge in [-0.2, -0.15) is 5.10 Å². The van der Waals surface area contributed by atoms with E-state index in [0.717, 1.165) is 18.8 Å². The van der Waals surface area contributed by atoms with E-state index in [1.54, 1.807) is 6.20 Å². The van der Waals surface area contributed by atoms with Gasteiger partial charge < -0.3 is 10.2 Å². The van der Waals surface area contributed by atoms with E-state index < -0.39 is 0 Å². The second-order valence-corrected chi connectivity index (χ2v) is 5.70. The molecule has 0 amide bonds. The first kappa shape index (κ1) is 14.3. The Hall–Kier alpha value is -1.65. The second-order valence-electron chi connectivity index (χ2n) is 5.70. The summed E-state index contributed by atoms with van der Waals surface area (Å²) in [5.74, 6) is 0. The van der Waals surface area contributed by atoms with Crippen molar-refractivity contribution in [3.8, 4) is 5.69 Å². The zero-order valence-electron chi connectivity index (χ0n) is 12.5. The van der Waals surface area contributed by atoms with Crippen LogP contribution in [-0.4, -0.2) is 40.9 Å². The van der Waals surface area contributed by atoms with Gasteiger partial charge in [-0.3, -0.25) is 0 Å². The maximum Gasteiger partial charge on any atom is 0.0645 e. The van der Waals surface area contributed by atoms with Crippen LogP contribution in [0.4, 0.5) is 0 Å². The summed E-state index contributed by atoms with van der Waals surface area (Å²) < 4.78 is 1.88. The van der Waals surface area contributed by atoms with Crippen LogP contribution in [0.3, 0.4) is 0 Å². The number of hydrogen-bond acceptors (Lipinski definition) is 3. The third-order valence-electron chi connectivity index (χ3n) is 4.09. The zero-order valence-corrected chi connectivity index (χ0v) is 12.5. The number of aromatic nitrogens is 2. The molecular weight excluding hydrogens is 260 g/mol. The highest BCUT2D eigenvalue weighted by Crippen LogP contribution is 2.09. The van der Waals surface area contributed by atoms with Crippen LogP contribution in [-0.2, 0) is 6.54 Å². The van der Waals surface area contributed by atoms with Crippen molar-refractivity contribution in [2.24, 2.45) is 0 Å². The van der Waals surface area contributed by atoms with Crippen molar-refractivity contribution in [3.05, 3.63) is 48.3 Å². The molecule has 0 atom stereocenters. The minimum absolute atomic E-state index is 0.938. The van der Waals surface area contributed by atoms with E-state index in [0.29, 0.717) is 0 Å². The second kappa shape index (κ2) is 7.38. The molecule has 1 aliphatic rings. The first-order valence-corrected chi connectivity index (χ1v) is 7.94. The van der Waals surface area contributed by atoms with Crippen LogP contribution >= 0.6 is 0 Å². The van der Waals surface area contributed by atoms with Gasteiger partial charge in [0, 0.05) is 32.0 Å². The number of likely N-dealkylation sites (tertiary alicyclic amines) is 1. The topological polar surface area (TPSA) is 33.1 Å². The fraction of sp³-hybridized carbons (Fsp3) is 0.471. The maximum absolute atomic E-state index is 4.24. The summed E-state index contributed by atoms with van der Waals surface area (Å²) in [7, 11) is 0. The predicted octanol–water partition coefficient (Wildman–Crippen LogP) is 2.45. The van der Waals surface area contributed by atoms with Crippen LogP contribution in [0.2, 0.25) is 0 Å². The van der Waals surface area contributed by atoms with Crippen LogP contribution in [0.25, 0.3) is 5.69 Å². The van der Waals surface area contributed by atoms with Crippen LogP contribution < -0.4 is 5.32 Å². The van der Waals surface area contributed by atoms with E-state index in [4.69, 9.17) is 0 Å². The van der Waals surface area contributed by atoms with Gasteiger partial charge in [-0.15, -0.1) is 0 Å². The molecule has 21 heavy (non-hydrogen) atoms. The summed E-state index contributed by atoms with van der Waals surface area (Å²) in [6.45, 7) is 5.74. The molecule has 0 spiro atoms. The standard InChI is InChI=1S/C17H24N4/c1-2-11-20(12-3-1)14-10-18-15-16-5-7-17(8-6-16)21-13-4-9-19-21/h4-9,13,18H,1-3,10-12,14-15H2. The molecular formula is C17H24N4. The Bertz CT molecular complexity index is 512. The molecule has 4 heteroatoms. The number of benzene rings is 1. The van der Waals surface area contributed by atoms with Gasteiger partial charge in [0.15, 0.2) is 0 Å². The van der Waals surface area contributed by atoms with Crippen molar-refractivity contribution in [3.63, 3.8) is 0 Å². The predicted molar refractivity (Wildman–Crippen MR) is 85.6 cm³/mol. The van der Waals surface area contributed by atoms with Crippen molar-refractivity contribution in [2.45, 2.75) is 25.8 Å². The molecule has 2 heterocycles. The monoisotopic (exact) mass is 284 g/mol. The molecule has 0 radical (unpaired) electrons. The van der Waals surface area contributed by atoms with E-state index in [-0.39, 0.29) is 0 Å². The zero-order chi connectivity index (χ0) is 14.3. The normalized spacial score (nSPS) is 16.2. The largest absolute Gasteiger partial charge is 0.311 e. The van der Waals surface area contributed by atoms with Gasteiger partial charge in [-0.05, 0) is 49.7 Å². The smallest absolute Gasteiger partial charge is 0.0645 e. The van der Waals surface area contributed by atoms with Gasteiger partial charge in [0.2, 0.25) is 0 Å². The van der Waals surface area contributed by atoms with Gasteiger partial charge in [0.05, 0.1) is 5.69 Å². The van der Waals surface area contributed by atoms with Crippen molar-refractivity contribution in [1.82, 2.24) is 20.0 Å². The van der Waals surface area contributed by atoms with E-state index in [1.165, 1.54) is 44.5 Å². The fourth-order valence-corrected chi connectivity index (χ4v) is 2.84. The van der Waals surface area contributed by atoms with E-state index in [2.05, 4.69) is 39.6 Å². The Morgan fingerprint density at radius 1 is 1.05 bits per heavy atom. The molecule has 1 aliphatic heterocycles. The number of nitrogens with zero attached hydrogens (tertiary/aromatic N) is 3. The summed E-state index contributed by atoms with van der Waals surface area (Å²) in [5, 5.41) is 7.78. The maximum atomic E-state index is 4.24. The number of rotatable bonds is 6. The van der Waals surface area contributed by atoms with Crippen LogP contribution in [0, 0.1) is 0 Å². The lowest BCUT2D eigenvalue weighted by Crippen LogP contribution is -2.35. The first-order chi connectivity index (χ1) is 10.4. The van der Waals surface area contributed by atoms with Crippen molar-refractivity contribution >= 4 is 0 Å². The molecule has 112 valence electrons. The Balaban J connectivity index is 1.41. The highest BCUT2D eigenvalue weighted by molar-refractivity contribution is 5.33. The van der Waals surface area contributed by atoms with E-state index >= 15 is 0 Å². The molecule has 1 aromatic carbocycles. The highest BCUT2D eigenvalue weighted by Gasteiger charge is 2.08. The molecule has 4 nitrogen and oxygen atoms in total. The molecule has 1 aromatic heterocycles. The fourth-order valence-electron chi connectivity index (χ4n) is 2.84. The van der Waals surface area contributed by atoms with Crippen LogP contribution in [0.1, 0.15) is 24.8 Å². The summed E-state index contributed by atoms with van der Waals surface area (Å²) in [6, 6.07) is 10.5. The van der Waals surface area contributed by atoms with Crippen LogP contribution in [0.15, 0.2) is 42.7 Å². The minimum Gasteiger partial charge on any atom is -0.311 e. The van der Waals surface area contributed by atoms with Gasteiger partial charge in [0.25, 0.3) is 0 Å². The van der Waals surface area contributed by atoms with Crippen molar-refractivity contribution in [2.75, 3.05) is 26.2 Å². The number of hydrogen-bond donors (Lipinski definition) is 1. The molecule has 0 aliphatic carbocycles. The lowest BCUT2D eigenvalue weighted by molar-refractivity contribution is 0.229. The van der Waals surface area contributed by atoms with Gasteiger partial charge in [-0.1, -0.05) is 18.6 Å². The lowest BCUT2D eigenvalue weighted by Gasteiger charge is -2.26. The summed E-state index contributed by atoms with van der Waals surface area (Å²) in [6.07, 6.45) is 7.91. The molecule has 1 N–H and O–H groups in total. The molecule has 3 rings (SSSR count). The Labute approximate surface area is 126 Å². The van der Waals surface area contributed by atoms with E-state index in [9.17, 15) is 0 Å². The summed E-state index contributed by atoms with van der Waals surface area (Å²) in [5.41, 5.74) is 2.43. The van der Waals surface area contributed by atoms with Gasteiger partial charge in [-0.25, -0.2) is 4.68 Å². The third kappa shape index (κ3) is 4.16. The molecule has 1 saturated heterocycles. The van der Waals surface area contributed by atoms with Crippen molar-refractivity contribution < 1.29 is 0 Å². The summed E-state index contributed by atoms with van der Waals surface area (Å²) >= 11 is 0. The first-order valence-electron chi connectivity index (χ1n) is 7.94. The Morgan fingerprint density at radius 2 is 1.86 bits per heavy atom. The quantitative estimate of drug-likeness (QED) is 0.827. The molecule has 0 bridgehead atoms. The Kier molecular flexibility index (Phi) is 5.03. The molecule has 0 unspecified atom stereocenters. The molecule has 1 fully saturated rings. The highest BCUT2D eigenvalue weighted by atomic mass is 15.3. The third-order valence-corrected chi connectivity index (χ3v) is 4.09. The Morgan fingerprint density at radius 3 is 2.57 bits per heavy atom. The van der Waals surface area contributed by atoms with E-state index in [1.807, 2.05) is 16.9 Å². The number of nitrogens with one attached hydrogen (secondary N) is 1. The number of piperidine rings is 1. The van der Waals surface area contributed by atoms with Crippen molar-refractivity contribution in [1.29, 1.82) is 0 Å².